The molecule has 0 aliphatic rings. The summed E-state index contributed by atoms with van der Waals surface area (Å²) in [4.78, 5) is 38.0. The van der Waals surface area contributed by atoms with Crippen molar-refractivity contribution < 1.29 is 28.6 Å². The summed E-state index contributed by atoms with van der Waals surface area (Å²) in [5.41, 5.74) is 0. The van der Waals surface area contributed by atoms with Gasteiger partial charge in [0, 0.05) is 19.3 Å². The minimum absolute atomic E-state index is 0.0700. The van der Waals surface area contributed by atoms with E-state index in [0.29, 0.717) is 19.3 Å². The summed E-state index contributed by atoms with van der Waals surface area (Å²) < 4.78 is 16.8. The lowest BCUT2D eigenvalue weighted by Crippen LogP contribution is -2.30. The van der Waals surface area contributed by atoms with Crippen molar-refractivity contribution >= 4 is 17.9 Å². The standard InChI is InChI=1S/C58H108O6/c1-4-7-10-13-16-19-22-25-26-27-28-29-30-31-32-34-37-39-42-45-48-51-57(60)63-54-55(64-58(61)52-49-46-43-40-35-24-21-18-15-12-9-6-3)53-62-56(59)50-47-44-41-38-36-33-23-20-17-14-11-8-5-2/h20,23,25-26,55H,4-19,21-22,24,27-54H2,1-3H3/b23-20-,26-25-/t55-/m0/s1. The van der Waals surface area contributed by atoms with E-state index in [2.05, 4.69) is 45.1 Å². The van der Waals surface area contributed by atoms with Crippen LogP contribution in [0.15, 0.2) is 24.3 Å². The van der Waals surface area contributed by atoms with E-state index in [9.17, 15) is 14.4 Å². The van der Waals surface area contributed by atoms with Crippen LogP contribution in [0.25, 0.3) is 0 Å². The Labute approximate surface area is 398 Å². The molecule has 0 unspecified atom stereocenters. The molecular weight excluding hydrogens is 793 g/mol. The zero-order valence-electron chi connectivity index (χ0n) is 43.1. The molecule has 0 bridgehead atoms. The first kappa shape index (κ1) is 61.9. The van der Waals surface area contributed by atoms with Crippen molar-refractivity contribution in [1.82, 2.24) is 0 Å². The molecule has 64 heavy (non-hydrogen) atoms. The molecule has 6 nitrogen and oxygen atoms in total. The van der Waals surface area contributed by atoms with Gasteiger partial charge >= 0.3 is 17.9 Å². The quantitative estimate of drug-likeness (QED) is 0.0262. The van der Waals surface area contributed by atoms with Crippen LogP contribution in [0.3, 0.4) is 0 Å². The molecule has 0 rings (SSSR count). The number of esters is 3. The lowest BCUT2D eigenvalue weighted by molar-refractivity contribution is -0.167. The van der Waals surface area contributed by atoms with Gasteiger partial charge in [-0.15, -0.1) is 0 Å². The SMILES string of the molecule is CCCCCC/C=C\CCCCCCCC(=O)OC[C@@H](COC(=O)CCCCCCCCCCCCC/C=C\CCCCCCCC)OC(=O)CCCCCCCCCCCCCC. The second kappa shape index (κ2) is 53.5. The summed E-state index contributed by atoms with van der Waals surface area (Å²) in [5.74, 6) is -0.863. The molecule has 1 atom stereocenters. The van der Waals surface area contributed by atoms with Crippen LogP contribution in [-0.2, 0) is 28.6 Å². The fraction of sp³-hybridized carbons (Fsp3) is 0.879. The number of rotatable bonds is 52. The Morgan fingerprint density at radius 1 is 0.297 bits per heavy atom. The van der Waals surface area contributed by atoms with E-state index in [-0.39, 0.29) is 31.1 Å². The van der Waals surface area contributed by atoms with Crippen LogP contribution >= 0.6 is 0 Å². The Hall–Kier alpha value is -2.11. The van der Waals surface area contributed by atoms with Crippen molar-refractivity contribution in [1.29, 1.82) is 0 Å². The van der Waals surface area contributed by atoms with Gasteiger partial charge < -0.3 is 14.2 Å². The highest BCUT2D eigenvalue weighted by atomic mass is 16.6. The molecule has 0 amide bonds. The molecule has 0 radical (unpaired) electrons. The molecule has 0 aromatic heterocycles. The van der Waals surface area contributed by atoms with Gasteiger partial charge in [0.05, 0.1) is 0 Å². The fourth-order valence-electron chi connectivity index (χ4n) is 8.37. The van der Waals surface area contributed by atoms with Gasteiger partial charge in [-0.1, -0.05) is 244 Å². The van der Waals surface area contributed by atoms with Crippen LogP contribution in [0.1, 0.15) is 310 Å². The maximum atomic E-state index is 12.8. The van der Waals surface area contributed by atoms with Gasteiger partial charge in [-0.05, 0) is 70.6 Å². The number of allylic oxidation sites excluding steroid dienone is 4. The van der Waals surface area contributed by atoms with Crippen LogP contribution in [0.2, 0.25) is 0 Å². The third kappa shape index (κ3) is 50.9. The maximum absolute atomic E-state index is 12.8. The van der Waals surface area contributed by atoms with E-state index in [4.69, 9.17) is 14.2 Å². The predicted octanol–water partition coefficient (Wildman–Crippen LogP) is 18.7. The molecule has 0 saturated heterocycles. The number of hydrogen-bond donors (Lipinski definition) is 0. The second-order valence-electron chi connectivity index (χ2n) is 19.2. The highest BCUT2D eigenvalue weighted by Crippen LogP contribution is 2.16. The Morgan fingerprint density at radius 2 is 0.516 bits per heavy atom. The molecule has 0 N–H and O–H groups in total. The topological polar surface area (TPSA) is 78.9 Å². The number of ether oxygens (including phenoxy) is 3. The summed E-state index contributed by atoms with van der Waals surface area (Å²) in [6.45, 7) is 6.65. The summed E-state index contributed by atoms with van der Waals surface area (Å²) in [5, 5.41) is 0. The van der Waals surface area contributed by atoms with Gasteiger partial charge in [0.15, 0.2) is 6.10 Å². The fourth-order valence-corrected chi connectivity index (χ4v) is 8.37. The first-order valence-corrected chi connectivity index (χ1v) is 28.3. The van der Waals surface area contributed by atoms with Crippen LogP contribution < -0.4 is 0 Å². The summed E-state index contributed by atoms with van der Waals surface area (Å²) in [6, 6.07) is 0. The number of hydrogen-bond acceptors (Lipinski definition) is 6. The van der Waals surface area contributed by atoms with Crippen LogP contribution in [0, 0.1) is 0 Å². The predicted molar refractivity (Wildman–Crippen MR) is 275 cm³/mol. The summed E-state index contributed by atoms with van der Waals surface area (Å²) in [7, 11) is 0. The van der Waals surface area contributed by atoms with Crippen LogP contribution in [0.4, 0.5) is 0 Å². The van der Waals surface area contributed by atoms with Gasteiger partial charge in [0.1, 0.15) is 13.2 Å². The molecule has 0 aromatic carbocycles. The van der Waals surface area contributed by atoms with Crippen LogP contribution in [0.5, 0.6) is 0 Å². The van der Waals surface area contributed by atoms with Gasteiger partial charge in [-0.25, -0.2) is 0 Å². The minimum atomic E-state index is -0.769. The van der Waals surface area contributed by atoms with Crippen molar-refractivity contribution in [3.63, 3.8) is 0 Å². The average molecular weight is 901 g/mol. The Morgan fingerprint density at radius 3 is 0.797 bits per heavy atom. The Bertz CT molecular complexity index is 1040. The van der Waals surface area contributed by atoms with Crippen molar-refractivity contribution in [2.24, 2.45) is 0 Å². The van der Waals surface area contributed by atoms with E-state index in [1.807, 2.05) is 0 Å². The third-order valence-electron chi connectivity index (χ3n) is 12.7. The highest BCUT2D eigenvalue weighted by Gasteiger charge is 2.19. The van der Waals surface area contributed by atoms with Gasteiger partial charge in [-0.2, -0.15) is 0 Å². The number of unbranched alkanes of at least 4 members (excludes halogenated alkanes) is 37. The van der Waals surface area contributed by atoms with Gasteiger partial charge in [0.2, 0.25) is 0 Å². The van der Waals surface area contributed by atoms with E-state index in [0.717, 1.165) is 64.2 Å². The lowest BCUT2D eigenvalue weighted by atomic mass is 10.0. The molecule has 0 aliphatic heterocycles. The monoisotopic (exact) mass is 901 g/mol. The molecule has 0 saturated carbocycles. The first-order chi connectivity index (χ1) is 31.5. The number of carbonyl (C=O) groups excluding carboxylic acids is 3. The molecule has 6 heteroatoms. The Balaban J connectivity index is 4.26. The van der Waals surface area contributed by atoms with Crippen molar-refractivity contribution in [3.05, 3.63) is 24.3 Å². The minimum Gasteiger partial charge on any atom is -0.462 e. The second-order valence-corrected chi connectivity index (χ2v) is 19.2. The van der Waals surface area contributed by atoms with E-state index < -0.39 is 6.10 Å². The van der Waals surface area contributed by atoms with E-state index in [1.54, 1.807) is 0 Å². The Kier molecular flexibility index (Phi) is 51.7. The lowest BCUT2D eigenvalue weighted by Gasteiger charge is -2.18. The van der Waals surface area contributed by atoms with Gasteiger partial charge in [-0.3, -0.25) is 14.4 Å². The zero-order valence-corrected chi connectivity index (χ0v) is 43.1. The summed E-state index contributed by atoms with van der Waals surface area (Å²) in [6.07, 6.45) is 61.7. The normalized spacial score (nSPS) is 12.1. The van der Waals surface area contributed by atoms with Crippen molar-refractivity contribution in [2.75, 3.05) is 13.2 Å². The highest BCUT2D eigenvalue weighted by molar-refractivity contribution is 5.71. The average Bonchev–Trinajstić information content (AvgIpc) is 3.29. The molecule has 0 heterocycles. The molecule has 0 aliphatic carbocycles. The largest absolute Gasteiger partial charge is 0.462 e. The first-order valence-electron chi connectivity index (χ1n) is 28.3. The maximum Gasteiger partial charge on any atom is 0.306 e. The summed E-state index contributed by atoms with van der Waals surface area (Å²) >= 11 is 0. The van der Waals surface area contributed by atoms with Crippen LogP contribution in [-0.4, -0.2) is 37.2 Å². The number of carbonyl (C=O) groups is 3. The zero-order chi connectivity index (χ0) is 46.5. The van der Waals surface area contributed by atoms with Crippen molar-refractivity contribution in [2.45, 2.75) is 316 Å². The molecule has 0 aromatic rings. The molecule has 376 valence electrons. The third-order valence-corrected chi connectivity index (χ3v) is 12.7. The molecular formula is C58H108O6. The molecule has 0 spiro atoms. The van der Waals surface area contributed by atoms with Gasteiger partial charge in [0.25, 0.3) is 0 Å². The van der Waals surface area contributed by atoms with Crippen molar-refractivity contribution in [3.8, 4) is 0 Å². The van der Waals surface area contributed by atoms with E-state index in [1.165, 1.54) is 205 Å². The van der Waals surface area contributed by atoms with E-state index >= 15 is 0 Å². The molecule has 0 fully saturated rings. The smallest absolute Gasteiger partial charge is 0.306 e.